The first-order chi connectivity index (χ1) is 9.72. The molecule has 3 aromatic rings. The predicted octanol–water partition coefficient (Wildman–Crippen LogP) is 3.13. The summed E-state index contributed by atoms with van der Waals surface area (Å²) in [6.07, 6.45) is 6.78. The number of hydrogen-bond donors (Lipinski definition) is 0. The SMILES string of the molecule is Cn1nccc1CCn1cc(-c2ccc(I)cc2)cn1. The van der Waals surface area contributed by atoms with E-state index in [2.05, 4.69) is 63.3 Å². The van der Waals surface area contributed by atoms with E-state index in [9.17, 15) is 0 Å². The summed E-state index contributed by atoms with van der Waals surface area (Å²) >= 11 is 2.31. The van der Waals surface area contributed by atoms with E-state index in [1.54, 1.807) is 0 Å². The molecule has 0 unspecified atom stereocenters. The summed E-state index contributed by atoms with van der Waals surface area (Å²) in [6, 6.07) is 10.5. The van der Waals surface area contributed by atoms with Crippen LogP contribution in [0, 0.1) is 3.57 Å². The van der Waals surface area contributed by atoms with Gasteiger partial charge in [-0.15, -0.1) is 0 Å². The largest absolute Gasteiger partial charge is 0.273 e. The fraction of sp³-hybridized carbons (Fsp3) is 0.200. The minimum absolute atomic E-state index is 0.865. The second-order valence-corrected chi connectivity index (χ2v) is 5.94. The maximum Gasteiger partial charge on any atom is 0.0568 e. The second kappa shape index (κ2) is 5.78. The number of hydrogen-bond acceptors (Lipinski definition) is 2. The highest BCUT2D eigenvalue weighted by atomic mass is 127. The van der Waals surface area contributed by atoms with Crippen LogP contribution in [-0.4, -0.2) is 19.6 Å². The first kappa shape index (κ1) is 13.4. The van der Waals surface area contributed by atoms with Gasteiger partial charge in [0.05, 0.1) is 6.20 Å². The lowest BCUT2D eigenvalue weighted by Crippen LogP contribution is -2.05. The molecule has 0 amide bonds. The van der Waals surface area contributed by atoms with Crippen LogP contribution < -0.4 is 0 Å². The van der Waals surface area contributed by atoms with E-state index in [1.165, 1.54) is 14.8 Å². The molecule has 102 valence electrons. The summed E-state index contributed by atoms with van der Waals surface area (Å²) in [4.78, 5) is 0. The Morgan fingerprint density at radius 3 is 2.55 bits per heavy atom. The minimum atomic E-state index is 0.865. The Bertz CT molecular complexity index is 697. The van der Waals surface area contributed by atoms with Gasteiger partial charge >= 0.3 is 0 Å². The zero-order valence-electron chi connectivity index (χ0n) is 11.2. The number of benzene rings is 1. The average Bonchev–Trinajstić information content (AvgIpc) is 3.06. The molecule has 0 fully saturated rings. The van der Waals surface area contributed by atoms with Gasteiger partial charge in [0.2, 0.25) is 0 Å². The molecular formula is C15H15IN4. The number of halogens is 1. The van der Waals surface area contributed by atoms with Crippen molar-refractivity contribution in [1.29, 1.82) is 0 Å². The van der Waals surface area contributed by atoms with Gasteiger partial charge < -0.3 is 0 Å². The van der Waals surface area contributed by atoms with Gasteiger partial charge in [0.15, 0.2) is 0 Å². The van der Waals surface area contributed by atoms with E-state index < -0.39 is 0 Å². The monoisotopic (exact) mass is 378 g/mol. The maximum atomic E-state index is 4.43. The van der Waals surface area contributed by atoms with Gasteiger partial charge in [-0.25, -0.2) is 0 Å². The molecule has 0 aliphatic rings. The van der Waals surface area contributed by atoms with Crippen molar-refractivity contribution in [2.24, 2.45) is 7.05 Å². The molecule has 0 radical (unpaired) electrons. The van der Waals surface area contributed by atoms with Gasteiger partial charge in [-0.05, 0) is 46.4 Å². The van der Waals surface area contributed by atoms with Crippen LogP contribution in [0.5, 0.6) is 0 Å². The quantitative estimate of drug-likeness (QED) is 0.654. The third-order valence-corrected chi connectivity index (χ3v) is 4.05. The van der Waals surface area contributed by atoms with Gasteiger partial charge in [-0.3, -0.25) is 9.36 Å². The van der Waals surface area contributed by atoms with Gasteiger partial charge in [0.25, 0.3) is 0 Å². The predicted molar refractivity (Wildman–Crippen MR) is 87.3 cm³/mol. The van der Waals surface area contributed by atoms with Crippen LogP contribution in [0.3, 0.4) is 0 Å². The molecule has 2 heterocycles. The van der Waals surface area contributed by atoms with Gasteiger partial charge in [0, 0.05) is 47.2 Å². The summed E-state index contributed by atoms with van der Waals surface area (Å²) in [5.41, 5.74) is 3.58. The number of aryl methyl sites for hydroxylation is 3. The maximum absolute atomic E-state index is 4.43. The topological polar surface area (TPSA) is 35.6 Å². The lowest BCUT2D eigenvalue weighted by atomic mass is 10.1. The molecule has 0 aliphatic heterocycles. The van der Waals surface area contributed by atoms with Crippen molar-refractivity contribution in [2.45, 2.75) is 13.0 Å². The van der Waals surface area contributed by atoms with Gasteiger partial charge in [0.1, 0.15) is 0 Å². The van der Waals surface area contributed by atoms with E-state index >= 15 is 0 Å². The molecule has 1 aromatic carbocycles. The molecule has 20 heavy (non-hydrogen) atoms. The lowest BCUT2D eigenvalue weighted by molar-refractivity contribution is 0.586. The Balaban J connectivity index is 1.71. The van der Waals surface area contributed by atoms with Crippen molar-refractivity contribution in [2.75, 3.05) is 0 Å². The van der Waals surface area contributed by atoms with E-state index in [1.807, 2.05) is 34.9 Å². The summed E-state index contributed by atoms with van der Waals surface area (Å²) in [5, 5.41) is 8.61. The third-order valence-electron chi connectivity index (χ3n) is 3.33. The Morgan fingerprint density at radius 1 is 1.05 bits per heavy atom. The van der Waals surface area contributed by atoms with Gasteiger partial charge in [-0.1, -0.05) is 12.1 Å². The summed E-state index contributed by atoms with van der Waals surface area (Å²) < 4.78 is 5.14. The molecule has 0 aliphatic carbocycles. The van der Waals surface area contributed by atoms with Crippen LogP contribution in [0.15, 0.2) is 48.9 Å². The van der Waals surface area contributed by atoms with Crippen molar-refractivity contribution < 1.29 is 0 Å². The molecule has 0 saturated carbocycles. The Morgan fingerprint density at radius 2 is 1.85 bits per heavy atom. The fourth-order valence-electron chi connectivity index (χ4n) is 2.15. The average molecular weight is 378 g/mol. The van der Waals surface area contributed by atoms with Crippen molar-refractivity contribution in [3.05, 3.63) is 58.2 Å². The first-order valence-electron chi connectivity index (χ1n) is 6.47. The van der Waals surface area contributed by atoms with E-state index in [0.717, 1.165) is 18.5 Å². The molecule has 3 rings (SSSR count). The molecule has 2 aromatic heterocycles. The standard InChI is InChI=1S/C15H15IN4/c1-19-15(6-8-17-19)7-9-20-11-13(10-18-20)12-2-4-14(16)5-3-12/h2-6,8,10-11H,7,9H2,1H3. The molecule has 0 bridgehead atoms. The molecular weight excluding hydrogens is 363 g/mol. The second-order valence-electron chi connectivity index (χ2n) is 4.70. The summed E-state index contributed by atoms with van der Waals surface area (Å²) in [7, 11) is 1.97. The number of aromatic nitrogens is 4. The Hall–Kier alpha value is -1.63. The number of nitrogens with zero attached hydrogens (tertiary/aromatic N) is 4. The van der Waals surface area contributed by atoms with Crippen molar-refractivity contribution in [3.63, 3.8) is 0 Å². The lowest BCUT2D eigenvalue weighted by Gasteiger charge is -2.02. The van der Waals surface area contributed by atoms with Crippen LogP contribution in [0.2, 0.25) is 0 Å². The highest BCUT2D eigenvalue weighted by Gasteiger charge is 2.03. The van der Waals surface area contributed by atoms with Crippen LogP contribution in [-0.2, 0) is 20.0 Å². The first-order valence-corrected chi connectivity index (χ1v) is 7.55. The normalized spacial score (nSPS) is 10.9. The molecule has 5 heteroatoms. The smallest absolute Gasteiger partial charge is 0.0568 e. The molecule has 0 atom stereocenters. The zero-order chi connectivity index (χ0) is 13.9. The molecule has 0 spiro atoms. The van der Waals surface area contributed by atoms with Crippen LogP contribution in [0.1, 0.15) is 5.69 Å². The fourth-order valence-corrected chi connectivity index (χ4v) is 2.51. The zero-order valence-corrected chi connectivity index (χ0v) is 13.4. The minimum Gasteiger partial charge on any atom is -0.273 e. The summed E-state index contributed by atoms with van der Waals surface area (Å²) in [5.74, 6) is 0. The highest BCUT2D eigenvalue weighted by Crippen LogP contribution is 2.19. The van der Waals surface area contributed by atoms with Crippen molar-refractivity contribution in [3.8, 4) is 11.1 Å². The molecule has 0 saturated heterocycles. The highest BCUT2D eigenvalue weighted by molar-refractivity contribution is 14.1. The van der Waals surface area contributed by atoms with E-state index in [-0.39, 0.29) is 0 Å². The molecule has 0 N–H and O–H groups in total. The summed E-state index contributed by atoms with van der Waals surface area (Å²) in [6.45, 7) is 0.865. The van der Waals surface area contributed by atoms with Crippen LogP contribution >= 0.6 is 22.6 Å². The molecule has 4 nitrogen and oxygen atoms in total. The third kappa shape index (κ3) is 2.92. The number of rotatable bonds is 4. The van der Waals surface area contributed by atoms with E-state index in [0.29, 0.717) is 0 Å². The van der Waals surface area contributed by atoms with Crippen LogP contribution in [0.25, 0.3) is 11.1 Å². The Kier molecular flexibility index (Phi) is 3.86. The Labute approximate surface area is 131 Å². The van der Waals surface area contributed by atoms with Gasteiger partial charge in [-0.2, -0.15) is 10.2 Å². The van der Waals surface area contributed by atoms with Crippen molar-refractivity contribution >= 4 is 22.6 Å². The van der Waals surface area contributed by atoms with E-state index in [4.69, 9.17) is 0 Å². The van der Waals surface area contributed by atoms with Crippen LogP contribution in [0.4, 0.5) is 0 Å². The van der Waals surface area contributed by atoms with Crippen molar-refractivity contribution in [1.82, 2.24) is 19.6 Å².